The van der Waals surface area contributed by atoms with Crippen LogP contribution in [-0.4, -0.2) is 33.7 Å². The van der Waals surface area contributed by atoms with Crippen LogP contribution in [0.3, 0.4) is 0 Å². The van der Waals surface area contributed by atoms with Crippen molar-refractivity contribution in [1.29, 1.82) is 0 Å². The fourth-order valence-electron chi connectivity index (χ4n) is 2.09. The van der Waals surface area contributed by atoms with Crippen molar-refractivity contribution in [2.45, 2.75) is 19.9 Å². The zero-order valence-corrected chi connectivity index (χ0v) is 12.0. The van der Waals surface area contributed by atoms with Crippen LogP contribution in [0.2, 0.25) is 0 Å². The minimum Gasteiger partial charge on any atom is -0.396 e. The normalized spacial score (nSPS) is 12.3. The van der Waals surface area contributed by atoms with Gasteiger partial charge in [0.2, 0.25) is 5.91 Å². The number of nitrogens with zero attached hydrogens (tertiary/aromatic N) is 2. The van der Waals surface area contributed by atoms with Crippen molar-refractivity contribution >= 4 is 16.9 Å². The summed E-state index contributed by atoms with van der Waals surface area (Å²) in [7, 11) is 0. The SMILES string of the molecule is CC(CCO)CNC(=O)Cn1c(=O)cnc2ccccc21. The van der Waals surface area contributed by atoms with E-state index in [2.05, 4.69) is 10.3 Å². The van der Waals surface area contributed by atoms with E-state index in [0.29, 0.717) is 24.0 Å². The first-order valence-corrected chi connectivity index (χ1v) is 6.94. The molecule has 112 valence electrons. The van der Waals surface area contributed by atoms with Crippen molar-refractivity contribution in [3.05, 3.63) is 40.8 Å². The number of benzene rings is 1. The Hall–Kier alpha value is -2.21. The maximum absolute atomic E-state index is 12.0. The Morgan fingerprint density at radius 2 is 2.19 bits per heavy atom. The van der Waals surface area contributed by atoms with Crippen molar-refractivity contribution in [3.63, 3.8) is 0 Å². The van der Waals surface area contributed by atoms with Gasteiger partial charge in [-0.3, -0.25) is 14.2 Å². The summed E-state index contributed by atoms with van der Waals surface area (Å²) in [5.41, 5.74) is 1.02. The zero-order valence-electron chi connectivity index (χ0n) is 12.0. The second kappa shape index (κ2) is 6.99. The molecule has 0 saturated heterocycles. The van der Waals surface area contributed by atoms with Gasteiger partial charge in [0.25, 0.3) is 5.56 Å². The number of hydrogen-bond acceptors (Lipinski definition) is 4. The summed E-state index contributed by atoms with van der Waals surface area (Å²) in [5, 5.41) is 11.6. The molecule has 0 aliphatic carbocycles. The highest BCUT2D eigenvalue weighted by Crippen LogP contribution is 2.07. The Kier molecular flexibility index (Phi) is 5.05. The van der Waals surface area contributed by atoms with E-state index in [0.717, 1.165) is 0 Å². The Bertz CT molecular complexity index is 681. The van der Waals surface area contributed by atoms with Crippen LogP contribution in [0.4, 0.5) is 0 Å². The summed E-state index contributed by atoms with van der Waals surface area (Å²) in [4.78, 5) is 27.9. The Morgan fingerprint density at radius 1 is 1.43 bits per heavy atom. The van der Waals surface area contributed by atoms with Crippen LogP contribution in [0.25, 0.3) is 11.0 Å². The van der Waals surface area contributed by atoms with Crippen LogP contribution in [-0.2, 0) is 11.3 Å². The number of hydrogen-bond donors (Lipinski definition) is 2. The van der Waals surface area contributed by atoms with Gasteiger partial charge in [0, 0.05) is 13.2 Å². The van der Waals surface area contributed by atoms with Crippen LogP contribution in [0.15, 0.2) is 35.3 Å². The lowest BCUT2D eigenvalue weighted by molar-refractivity contribution is -0.121. The van der Waals surface area contributed by atoms with E-state index in [1.807, 2.05) is 13.0 Å². The van der Waals surface area contributed by atoms with E-state index in [9.17, 15) is 9.59 Å². The van der Waals surface area contributed by atoms with Crippen molar-refractivity contribution in [3.8, 4) is 0 Å². The lowest BCUT2D eigenvalue weighted by atomic mass is 10.1. The van der Waals surface area contributed by atoms with Gasteiger partial charge >= 0.3 is 0 Å². The standard InChI is InChI=1S/C15H19N3O3/c1-11(6-7-19)8-17-14(20)10-18-13-5-3-2-4-12(13)16-9-15(18)21/h2-5,9,11,19H,6-8,10H2,1H3,(H,17,20). The number of fused-ring (bicyclic) bond motifs is 1. The Morgan fingerprint density at radius 3 is 2.95 bits per heavy atom. The number of carbonyl (C=O) groups excluding carboxylic acids is 1. The largest absolute Gasteiger partial charge is 0.396 e. The predicted molar refractivity (Wildman–Crippen MR) is 79.9 cm³/mol. The molecular weight excluding hydrogens is 270 g/mol. The summed E-state index contributed by atoms with van der Waals surface area (Å²) < 4.78 is 1.41. The van der Waals surface area contributed by atoms with Gasteiger partial charge in [0.05, 0.1) is 17.2 Å². The van der Waals surface area contributed by atoms with E-state index >= 15 is 0 Å². The molecule has 1 atom stereocenters. The molecule has 6 heteroatoms. The van der Waals surface area contributed by atoms with Crippen LogP contribution in [0.1, 0.15) is 13.3 Å². The topological polar surface area (TPSA) is 84.2 Å². The summed E-state index contributed by atoms with van der Waals surface area (Å²) in [6, 6.07) is 7.21. The van der Waals surface area contributed by atoms with Crippen LogP contribution in [0.5, 0.6) is 0 Å². The molecule has 6 nitrogen and oxygen atoms in total. The predicted octanol–water partition coefficient (Wildman–Crippen LogP) is 0.531. The maximum Gasteiger partial charge on any atom is 0.269 e. The molecule has 0 spiro atoms. The monoisotopic (exact) mass is 289 g/mol. The molecule has 0 saturated carbocycles. The van der Waals surface area contributed by atoms with Gasteiger partial charge in [-0.25, -0.2) is 4.98 Å². The van der Waals surface area contributed by atoms with Gasteiger partial charge in [-0.1, -0.05) is 19.1 Å². The number of carbonyl (C=O) groups is 1. The Balaban J connectivity index is 2.11. The quantitative estimate of drug-likeness (QED) is 0.812. The molecule has 1 heterocycles. The van der Waals surface area contributed by atoms with E-state index in [1.54, 1.807) is 18.2 Å². The minimum atomic E-state index is -0.299. The third kappa shape index (κ3) is 3.88. The fraction of sp³-hybridized carbons (Fsp3) is 0.400. The van der Waals surface area contributed by atoms with Gasteiger partial charge in [-0.05, 0) is 24.5 Å². The van der Waals surface area contributed by atoms with Gasteiger partial charge < -0.3 is 10.4 Å². The van der Waals surface area contributed by atoms with E-state index < -0.39 is 0 Å². The third-order valence-corrected chi connectivity index (χ3v) is 3.32. The molecule has 0 aliphatic heterocycles. The zero-order chi connectivity index (χ0) is 15.2. The highest BCUT2D eigenvalue weighted by molar-refractivity contribution is 5.79. The molecule has 1 aromatic carbocycles. The minimum absolute atomic E-state index is 0.0340. The first-order chi connectivity index (χ1) is 10.1. The lowest BCUT2D eigenvalue weighted by Gasteiger charge is -2.13. The summed E-state index contributed by atoms with van der Waals surface area (Å²) in [6.07, 6.45) is 1.86. The van der Waals surface area contributed by atoms with Crippen molar-refractivity contribution < 1.29 is 9.90 Å². The van der Waals surface area contributed by atoms with Gasteiger partial charge in [-0.2, -0.15) is 0 Å². The second-order valence-corrected chi connectivity index (χ2v) is 5.09. The number of nitrogens with one attached hydrogen (secondary N) is 1. The van der Waals surface area contributed by atoms with E-state index in [1.165, 1.54) is 10.8 Å². The lowest BCUT2D eigenvalue weighted by Crippen LogP contribution is -2.34. The van der Waals surface area contributed by atoms with Gasteiger partial charge in [0.1, 0.15) is 6.54 Å². The fourth-order valence-corrected chi connectivity index (χ4v) is 2.09. The highest BCUT2D eigenvalue weighted by atomic mass is 16.3. The summed E-state index contributed by atoms with van der Waals surface area (Å²) in [5.74, 6) is -0.0249. The van der Waals surface area contributed by atoms with Crippen LogP contribution < -0.4 is 10.9 Å². The van der Waals surface area contributed by atoms with E-state index in [4.69, 9.17) is 5.11 Å². The maximum atomic E-state index is 12.0. The first kappa shape index (κ1) is 15.2. The van der Waals surface area contributed by atoms with Crippen molar-refractivity contribution in [2.75, 3.05) is 13.2 Å². The van der Waals surface area contributed by atoms with E-state index in [-0.39, 0.29) is 30.5 Å². The smallest absolute Gasteiger partial charge is 0.269 e. The molecule has 1 amide bonds. The van der Waals surface area contributed by atoms with Crippen LogP contribution >= 0.6 is 0 Å². The molecule has 1 aromatic heterocycles. The molecule has 0 fully saturated rings. The highest BCUT2D eigenvalue weighted by Gasteiger charge is 2.09. The molecule has 2 rings (SSSR count). The number of aromatic nitrogens is 2. The molecule has 0 bridgehead atoms. The number of aliphatic hydroxyl groups excluding tert-OH is 1. The molecule has 2 N–H and O–H groups in total. The average Bonchev–Trinajstić information content (AvgIpc) is 2.48. The molecule has 0 radical (unpaired) electrons. The van der Waals surface area contributed by atoms with Gasteiger partial charge in [0.15, 0.2) is 0 Å². The summed E-state index contributed by atoms with van der Waals surface area (Å²) >= 11 is 0. The molecule has 2 aromatic rings. The Labute approximate surface area is 122 Å². The van der Waals surface area contributed by atoms with Crippen molar-refractivity contribution in [1.82, 2.24) is 14.9 Å². The number of para-hydroxylation sites is 2. The first-order valence-electron chi connectivity index (χ1n) is 6.94. The molecular formula is C15H19N3O3. The number of amides is 1. The third-order valence-electron chi connectivity index (χ3n) is 3.32. The molecule has 0 aliphatic rings. The number of aliphatic hydroxyl groups is 1. The average molecular weight is 289 g/mol. The van der Waals surface area contributed by atoms with Crippen molar-refractivity contribution in [2.24, 2.45) is 5.92 Å². The van der Waals surface area contributed by atoms with Crippen LogP contribution in [0, 0.1) is 5.92 Å². The molecule has 1 unspecified atom stereocenters. The number of rotatable bonds is 6. The molecule has 21 heavy (non-hydrogen) atoms. The van der Waals surface area contributed by atoms with Gasteiger partial charge in [-0.15, -0.1) is 0 Å². The summed E-state index contributed by atoms with van der Waals surface area (Å²) in [6.45, 7) is 2.50. The second-order valence-electron chi connectivity index (χ2n) is 5.09.